The Balaban J connectivity index is -0.000000202. The Labute approximate surface area is 171 Å². The van der Waals surface area contributed by atoms with Crippen molar-refractivity contribution in [2.75, 3.05) is 47.6 Å². The minimum absolute atomic E-state index is 0. The van der Waals surface area contributed by atoms with Crippen LogP contribution in [0.1, 0.15) is 13.8 Å². The van der Waals surface area contributed by atoms with E-state index in [2.05, 4.69) is 35.0 Å². The number of quaternary nitrogens is 3. The first-order valence-corrected chi connectivity index (χ1v) is 5.04. The maximum atomic E-state index is 2.28. The van der Waals surface area contributed by atoms with Gasteiger partial charge in [-0.3, -0.25) is 9.80 Å². The average molecular weight is 443 g/mol. The summed E-state index contributed by atoms with van der Waals surface area (Å²) in [6.07, 6.45) is 0. The zero-order valence-corrected chi connectivity index (χ0v) is 19.6. The molecule has 0 aromatic rings. The summed E-state index contributed by atoms with van der Waals surface area (Å²) in [4.78, 5) is 4.83. The van der Waals surface area contributed by atoms with Crippen LogP contribution in [-0.2, 0) is 98.1 Å². The van der Waals surface area contributed by atoms with Crippen LogP contribution in [0.2, 0.25) is 0 Å². The summed E-state index contributed by atoms with van der Waals surface area (Å²) >= 11 is 0. The molecule has 6 heteroatoms. The van der Waals surface area contributed by atoms with Gasteiger partial charge in [0.25, 0.3) is 0 Å². The molecule has 0 fully saturated rings. The Hall–Kier alpha value is 3.19. The molecule has 0 aliphatic carbocycles. The van der Waals surface area contributed by atoms with Gasteiger partial charge in [-0.2, -0.15) is 0 Å². The van der Waals surface area contributed by atoms with Crippen LogP contribution in [0, 0.1) is 0 Å². The normalized spacial score (nSPS) is 15.0. The van der Waals surface area contributed by atoms with Crippen molar-refractivity contribution in [2.45, 2.75) is 13.8 Å². The molecular formula is C9H26N3Y3+3. The molecule has 0 aromatic carbocycles. The molecule has 0 aliphatic rings. The molecule has 3 N–H and O–H groups in total. The fraction of sp³-hybridized carbons (Fsp3) is 1.00. The van der Waals surface area contributed by atoms with Crippen LogP contribution in [0.15, 0.2) is 0 Å². The fourth-order valence-electron chi connectivity index (χ4n) is 1.34. The molecule has 0 spiro atoms. The van der Waals surface area contributed by atoms with E-state index < -0.39 is 0 Å². The zero-order chi connectivity index (χ0) is 9.56. The molecule has 0 aromatic heterocycles. The quantitative estimate of drug-likeness (QED) is 0.353. The molecule has 15 heavy (non-hydrogen) atoms. The Bertz CT molecular complexity index is 105. The van der Waals surface area contributed by atoms with Crippen LogP contribution in [0.25, 0.3) is 0 Å². The first-order valence-electron chi connectivity index (χ1n) is 5.04. The van der Waals surface area contributed by atoms with Gasteiger partial charge in [-0.15, -0.1) is 0 Å². The van der Waals surface area contributed by atoms with Gasteiger partial charge in [-0.1, -0.05) is 0 Å². The van der Waals surface area contributed by atoms with Crippen LogP contribution in [0.5, 0.6) is 0 Å². The number of hydrogen-bond acceptors (Lipinski definition) is 0. The van der Waals surface area contributed by atoms with Gasteiger partial charge in [0.05, 0.1) is 34.2 Å². The monoisotopic (exact) mass is 443 g/mol. The maximum absolute atomic E-state index is 2.28. The van der Waals surface area contributed by atoms with Gasteiger partial charge in [0.15, 0.2) is 0 Å². The molecule has 0 saturated heterocycles. The predicted molar refractivity (Wildman–Crippen MR) is 51.5 cm³/mol. The van der Waals surface area contributed by atoms with Crippen molar-refractivity contribution in [3.8, 4) is 0 Å². The molecule has 0 aliphatic heterocycles. The Morgan fingerprint density at radius 1 is 0.600 bits per heavy atom. The van der Waals surface area contributed by atoms with E-state index in [9.17, 15) is 0 Å². The third kappa shape index (κ3) is 17.2. The first-order chi connectivity index (χ1) is 5.60. The molecule has 3 radical (unpaired) electrons. The topological polar surface area (TPSA) is 13.3 Å². The molecule has 0 rings (SSSR count). The van der Waals surface area contributed by atoms with Crippen molar-refractivity contribution < 1.29 is 113 Å². The number of rotatable bonds is 6. The van der Waals surface area contributed by atoms with E-state index in [-0.39, 0.29) is 98.1 Å². The number of hydrogen-bond donors (Lipinski definition) is 3. The van der Waals surface area contributed by atoms with E-state index in [1.165, 1.54) is 26.4 Å². The third-order valence-corrected chi connectivity index (χ3v) is 2.41. The second-order valence-corrected chi connectivity index (χ2v) is 3.93. The molecule has 2 unspecified atom stereocenters. The van der Waals surface area contributed by atoms with E-state index in [4.69, 9.17) is 0 Å². The van der Waals surface area contributed by atoms with E-state index in [1.807, 2.05) is 0 Å². The van der Waals surface area contributed by atoms with Crippen molar-refractivity contribution in [1.29, 1.82) is 0 Å². The van der Waals surface area contributed by atoms with E-state index in [0.29, 0.717) is 0 Å². The molecule has 83 valence electrons. The second kappa shape index (κ2) is 17.2. The minimum atomic E-state index is 0. The fourth-order valence-corrected chi connectivity index (χ4v) is 1.34. The Morgan fingerprint density at radius 3 is 1.07 bits per heavy atom. The standard InChI is InChI=1S/C9H23N3.3Y/c1-6-10(3)8-12(5)9-11(4)7-2;;;/h6-9H2,1-5H3;;;/p+3. The molecule has 0 bridgehead atoms. The van der Waals surface area contributed by atoms with Crippen LogP contribution in [-0.4, -0.2) is 47.6 Å². The molecule has 0 heterocycles. The summed E-state index contributed by atoms with van der Waals surface area (Å²) in [5, 5.41) is 0. The van der Waals surface area contributed by atoms with Crippen molar-refractivity contribution in [2.24, 2.45) is 0 Å². The van der Waals surface area contributed by atoms with E-state index in [1.54, 1.807) is 14.7 Å². The van der Waals surface area contributed by atoms with Crippen LogP contribution >= 0.6 is 0 Å². The van der Waals surface area contributed by atoms with Gasteiger partial charge >= 0.3 is 0 Å². The van der Waals surface area contributed by atoms with Crippen LogP contribution < -0.4 is 14.7 Å². The molecule has 0 amide bonds. The average Bonchev–Trinajstić information content (AvgIpc) is 2.03. The van der Waals surface area contributed by atoms with Crippen LogP contribution in [0.4, 0.5) is 0 Å². The van der Waals surface area contributed by atoms with Crippen LogP contribution in [0.3, 0.4) is 0 Å². The van der Waals surface area contributed by atoms with E-state index in [0.717, 1.165) is 0 Å². The van der Waals surface area contributed by atoms with Gasteiger partial charge < -0.3 is 0 Å². The SMILES string of the molecule is CC[NH+](C)C[NH+](C)C[NH+](C)CC.[Y].[Y].[Y]. The Kier molecular flexibility index (Phi) is 30.6. The van der Waals surface area contributed by atoms with Gasteiger partial charge in [-0.25, -0.2) is 4.90 Å². The molecule has 3 nitrogen and oxygen atoms in total. The summed E-state index contributed by atoms with van der Waals surface area (Å²) in [6.45, 7) is 9.38. The van der Waals surface area contributed by atoms with Gasteiger partial charge in [0, 0.05) is 98.1 Å². The largest absolute Gasteiger partial charge is 0.291 e. The van der Waals surface area contributed by atoms with Crippen molar-refractivity contribution in [3.05, 3.63) is 0 Å². The summed E-state index contributed by atoms with van der Waals surface area (Å²) in [5.41, 5.74) is 0. The van der Waals surface area contributed by atoms with Gasteiger partial charge in [0.2, 0.25) is 13.3 Å². The predicted octanol–water partition coefficient (Wildman–Crippen LogP) is -3.52. The van der Waals surface area contributed by atoms with Crippen molar-refractivity contribution in [1.82, 2.24) is 0 Å². The Morgan fingerprint density at radius 2 is 0.867 bits per heavy atom. The summed E-state index contributed by atoms with van der Waals surface area (Å²) in [7, 11) is 6.79. The maximum Gasteiger partial charge on any atom is 0.208 e. The summed E-state index contributed by atoms with van der Waals surface area (Å²) in [6, 6.07) is 0. The zero-order valence-electron chi connectivity index (χ0n) is 11.1. The summed E-state index contributed by atoms with van der Waals surface area (Å²) < 4.78 is 0. The summed E-state index contributed by atoms with van der Waals surface area (Å²) in [5.74, 6) is 0. The van der Waals surface area contributed by atoms with Gasteiger partial charge in [0.1, 0.15) is 0 Å². The second-order valence-electron chi connectivity index (χ2n) is 3.93. The third-order valence-electron chi connectivity index (χ3n) is 2.41. The number of nitrogens with one attached hydrogen (secondary N) is 3. The smallest absolute Gasteiger partial charge is 0.208 e. The molecule has 0 saturated carbocycles. The molecular weight excluding hydrogens is 417 g/mol. The van der Waals surface area contributed by atoms with E-state index >= 15 is 0 Å². The van der Waals surface area contributed by atoms with Gasteiger partial charge in [-0.05, 0) is 13.8 Å². The van der Waals surface area contributed by atoms with Crippen molar-refractivity contribution >= 4 is 0 Å². The molecule has 2 atom stereocenters. The first kappa shape index (κ1) is 26.7. The minimum Gasteiger partial charge on any atom is -0.291 e. The van der Waals surface area contributed by atoms with Crippen molar-refractivity contribution in [3.63, 3.8) is 0 Å².